The number of para-hydroxylation sites is 1. The molecule has 0 unspecified atom stereocenters. The lowest BCUT2D eigenvalue weighted by Crippen LogP contribution is -2.42. The maximum Gasteiger partial charge on any atom is 0.268 e. The highest BCUT2D eigenvalue weighted by molar-refractivity contribution is 5.98. The number of aromatic amines is 1. The van der Waals surface area contributed by atoms with Crippen LogP contribution in [0.2, 0.25) is 0 Å². The van der Waals surface area contributed by atoms with E-state index in [1.54, 1.807) is 12.4 Å². The van der Waals surface area contributed by atoms with E-state index in [-0.39, 0.29) is 18.1 Å². The number of hydrogen-bond acceptors (Lipinski definition) is 3. The fraction of sp³-hybridized carbons (Fsp3) is 0.263. The van der Waals surface area contributed by atoms with Crippen LogP contribution in [-0.4, -0.2) is 28.5 Å². The van der Waals surface area contributed by atoms with E-state index >= 15 is 0 Å². The fourth-order valence-corrected chi connectivity index (χ4v) is 3.25. The summed E-state index contributed by atoms with van der Waals surface area (Å²) in [5, 5.41) is 4.16. The number of nitrogens with zero attached hydrogens (tertiary/aromatic N) is 1. The Labute approximate surface area is 140 Å². The summed E-state index contributed by atoms with van der Waals surface area (Å²) in [4.78, 5) is 19.9. The van der Waals surface area contributed by atoms with E-state index < -0.39 is 0 Å². The molecule has 2 atom stereocenters. The van der Waals surface area contributed by atoms with Crippen molar-refractivity contribution >= 4 is 16.8 Å². The summed E-state index contributed by atoms with van der Waals surface area (Å²) < 4.78 is 5.92. The van der Waals surface area contributed by atoms with E-state index in [1.165, 1.54) is 0 Å². The van der Waals surface area contributed by atoms with Gasteiger partial charge >= 0.3 is 0 Å². The number of pyridine rings is 1. The number of hydrogen-bond donors (Lipinski definition) is 2. The molecule has 1 aliphatic rings. The first-order valence-electron chi connectivity index (χ1n) is 8.21. The number of fused-ring (bicyclic) bond motifs is 1. The molecule has 1 aliphatic heterocycles. The van der Waals surface area contributed by atoms with Gasteiger partial charge in [0.1, 0.15) is 11.8 Å². The van der Waals surface area contributed by atoms with Gasteiger partial charge in [0.05, 0.1) is 6.04 Å². The third-order valence-corrected chi connectivity index (χ3v) is 4.45. The number of rotatable bonds is 3. The van der Waals surface area contributed by atoms with Crippen LogP contribution in [0.25, 0.3) is 10.9 Å². The maximum atomic E-state index is 12.6. The summed E-state index contributed by atoms with van der Waals surface area (Å²) >= 11 is 0. The lowest BCUT2D eigenvalue weighted by atomic mass is 9.96. The normalized spacial score (nSPS) is 20.8. The van der Waals surface area contributed by atoms with Crippen LogP contribution >= 0.6 is 0 Å². The van der Waals surface area contributed by atoms with E-state index in [4.69, 9.17) is 4.74 Å². The minimum absolute atomic E-state index is 0.0416. The lowest BCUT2D eigenvalue weighted by molar-refractivity contribution is -0.00954. The van der Waals surface area contributed by atoms with Crippen LogP contribution in [0.3, 0.4) is 0 Å². The van der Waals surface area contributed by atoms with E-state index in [0.717, 1.165) is 29.3 Å². The number of amides is 1. The van der Waals surface area contributed by atoms with Gasteiger partial charge in [0.2, 0.25) is 0 Å². The summed E-state index contributed by atoms with van der Waals surface area (Å²) in [5.41, 5.74) is 2.59. The standard InChI is InChI=1S/C19H19N3O2/c23-19(17-12-14-4-1-2-5-15(14)21-17)22-16-6-3-11-24-18(16)13-7-9-20-10-8-13/h1-2,4-5,7-10,12,16,18,21H,3,6,11H2,(H,22,23)/t16-,18+/m0/s1. The average molecular weight is 321 g/mol. The van der Waals surface area contributed by atoms with Crippen molar-refractivity contribution in [2.24, 2.45) is 0 Å². The molecule has 0 spiro atoms. The zero-order valence-corrected chi connectivity index (χ0v) is 13.2. The molecule has 24 heavy (non-hydrogen) atoms. The minimum atomic E-state index is -0.130. The van der Waals surface area contributed by atoms with Gasteiger partial charge in [-0.2, -0.15) is 0 Å². The Balaban J connectivity index is 1.54. The second-order valence-corrected chi connectivity index (χ2v) is 6.06. The van der Waals surface area contributed by atoms with Gasteiger partial charge in [-0.05, 0) is 42.7 Å². The van der Waals surface area contributed by atoms with Gasteiger partial charge in [0, 0.05) is 29.9 Å². The van der Waals surface area contributed by atoms with Crippen LogP contribution < -0.4 is 5.32 Å². The topological polar surface area (TPSA) is 67.0 Å². The number of carbonyl (C=O) groups excluding carboxylic acids is 1. The quantitative estimate of drug-likeness (QED) is 0.778. The van der Waals surface area contributed by atoms with Crippen molar-refractivity contribution in [1.29, 1.82) is 0 Å². The first kappa shape index (κ1) is 14.9. The summed E-state index contributed by atoms with van der Waals surface area (Å²) in [6, 6.07) is 13.6. The molecule has 3 aromatic rings. The van der Waals surface area contributed by atoms with Gasteiger partial charge in [0.15, 0.2) is 0 Å². The Hall–Kier alpha value is -2.66. The molecule has 5 nitrogen and oxygen atoms in total. The molecular weight excluding hydrogens is 302 g/mol. The first-order chi connectivity index (χ1) is 11.8. The first-order valence-corrected chi connectivity index (χ1v) is 8.21. The minimum Gasteiger partial charge on any atom is -0.371 e. The molecule has 2 aromatic heterocycles. The van der Waals surface area contributed by atoms with Gasteiger partial charge in [0.25, 0.3) is 5.91 Å². The SMILES string of the molecule is O=C(N[C@H]1CCCO[C@@H]1c1ccncc1)c1cc2ccccc2[nH]1. The maximum absolute atomic E-state index is 12.6. The van der Waals surface area contributed by atoms with Gasteiger partial charge in [-0.15, -0.1) is 0 Å². The molecule has 0 saturated carbocycles. The fourth-order valence-electron chi connectivity index (χ4n) is 3.25. The third kappa shape index (κ3) is 2.90. The van der Waals surface area contributed by atoms with Crippen LogP contribution in [0.15, 0.2) is 54.9 Å². The molecule has 0 bridgehead atoms. The number of aromatic nitrogens is 2. The van der Waals surface area contributed by atoms with Crippen molar-refractivity contribution in [3.8, 4) is 0 Å². The summed E-state index contributed by atoms with van der Waals surface area (Å²) in [6.07, 6.45) is 5.22. The molecule has 122 valence electrons. The molecule has 3 heterocycles. The second-order valence-electron chi connectivity index (χ2n) is 6.06. The zero-order chi connectivity index (χ0) is 16.4. The van der Waals surface area contributed by atoms with Crippen LogP contribution in [0, 0.1) is 0 Å². The number of carbonyl (C=O) groups is 1. The number of nitrogens with one attached hydrogen (secondary N) is 2. The van der Waals surface area contributed by atoms with Crippen molar-refractivity contribution in [3.05, 3.63) is 66.1 Å². The molecule has 4 rings (SSSR count). The highest BCUT2D eigenvalue weighted by Gasteiger charge is 2.29. The predicted octanol–water partition coefficient (Wildman–Crippen LogP) is 3.21. The van der Waals surface area contributed by atoms with Crippen LogP contribution in [0.5, 0.6) is 0 Å². The van der Waals surface area contributed by atoms with Crippen molar-refractivity contribution < 1.29 is 9.53 Å². The van der Waals surface area contributed by atoms with Gasteiger partial charge in [-0.25, -0.2) is 0 Å². The molecule has 2 N–H and O–H groups in total. The Morgan fingerprint density at radius 1 is 1.21 bits per heavy atom. The van der Waals surface area contributed by atoms with Gasteiger partial charge in [-0.1, -0.05) is 18.2 Å². The van der Waals surface area contributed by atoms with Crippen molar-refractivity contribution in [2.75, 3.05) is 6.61 Å². The van der Waals surface area contributed by atoms with Gasteiger partial charge in [-0.3, -0.25) is 9.78 Å². The largest absolute Gasteiger partial charge is 0.371 e. The summed E-state index contributed by atoms with van der Waals surface area (Å²) in [7, 11) is 0. The van der Waals surface area contributed by atoms with E-state index in [0.29, 0.717) is 12.3 Å². The van der Waals surface area contributed by atoms with E-state index in [1.807, 2.05) is 42.5 Å². The number of benzene rings is 1. The average Bonchev–Trinajstić information content (AvgIpc) is 3.07. The van der Waals surface area contributed by atoms with Crippen molar-refractivity contribution in [2.45, 2.75) is 25.0 Å². The lowest BCUT2D eigenvalue weighted by Gasteiger charge is -2.32. The number of ether oxygens (including phenoxy) is 1. The van der Waals surface area contributed by atoms with E-state index in [9.17, 15) is 4.79 Å². The van der Waals surface area contributed by atoms with Crippen LogP contribution in [0.1, 0.15) is 35.0 Å². The Bertz CT molecular complexity index is 811. The monoisotopic (exact) mass is 321 g/mol. The molecule has 1 amide bonds. The Morgan fingerprint density at radius 2 is 2.04 bits per heavy atom. The molecule has 1 aromatic carbocycles. The van der Waals surface area contributed by atoms with Crippen molar-refractivity contribution in [1.82, 2.24) is 15.3 Å². The van der Waals surface area contributed by atoms with Crippen LogP contribution in [-0.2, 0) is 4.74 Å². The highest BCUT2D eigenvalue weighted by atomic mass is 16.5. The van der Waals surface area contributed by atoms with E-state index in [2.05, 4.69) is 15.3 Å². The molecule has 5 heteroatoms. The molecule has 0 aliphatic carbocycles. The molecule has 1 fully saturated rings. The molecule has 0 radical (unpaired) electrons. The predicted molar refractivity (Wildman–Crippen MR) is 91.7 cm³/mol. The summed E-state index contributed by atoms with van der Waals surface area (Å²) in [6.45, 7) is 0.714. The smallest absolute Gasteiger partial charge is 0.268 e. The number of H-pyrrole nitrogens is 1. The second kappa shape index (κ2) is 6.45. The van der Waals surface area contributed by atoms with Crippen LogP contribution in [0.4, 0.5) is 0 Å². The third-order valence-electron chi connectivity index (χ3n) is 4.45. The zero-order valence-electron chi connectivity index (χ0n) is 13.2. The van der Waals surface area contributed by atoms with Crippen molar-refractivity contribution in [3.63, 3.8) is 0 Å². The summed E-state index contributed by atoms with van der Waals surface area (Å²) in [5.74, 6) is -0.0965. The molecular formula is C19H19N3O2. The highest BCUT2D eigenvalue weighted by Crippen LogP contribution is 2.28. The Morgan fingerprint density at radius 3 is 2.88 bits per heavy atom. The molecule has 1 saturated heterocycles. The Kier molecular flexibility index (Phi) is 4.01. The van der Waals surface area contributed by atoms with Gasteiger partial charge < -0.3 is 15.0 Å².